The third-order valence-corrected chi connectivity index (χ3v) is 7.40. The average Bonchev–Trinajstić information content (AvgIpc) is 3.21. The minimum absolute atomic E-state index is 0.0204. The lowest BCUT2D eigenvalue weighted by Crippen LogP contribution is -2.21. The summed E-state index contributed by atoms with van der Waals surface area (Å²) < 4.78 is 1.55. The van der Waals surface area contributed by atoms with Crippen LogP contribution in [0.1, 0.15) is 22.4 Å². The smallest absolute Gasteiger partial charge is 0.262 e. The summed E-state index contributed by atoms with van der Waals surface area (Å²) in [5, 5.41) is 4.80. The first kappa shape index (κ1) is 18.5. The van der Waals surface area contributed by atoms with E-state index in [1.54, 1.807) is 35.1 Å². The zero-order valence-electron chi connectivity index (χ0n) is 15.0. The van der Waals surface area contributed by atoms with Gasteiger partial charge < -0.3 is 5.32 Å². The van der Waals surface area contributed by atoms with Crippen LogP contribution in [0.5, 0.6) is 0 Å². The molecule has 1 amide bonds. The number of carbonyl (C=O) groups excluding carboxylic acids is 1. The summed E-state index contributed by atoms with van der Waals surface area (Å²) in [6, 6.07) is 5.40. The summed E-state index contributed by atoms with van der Waals surface area (Å²) in [5.41, 5.74) is 2.68. The molecule has 4 rings (SSSR count). The summed E-state index contributed by atoms with van der Waals surface area (Å²) in [5.74, 6) is 0.0106. The van der Waals surface area contributed by atoms with E-state index < -0.39 is 0 Å². The van der Waals surface area contributed by atoms with Gasteiger partial charge in [-0.15, -0.1) is 11.3 Å². The van der Waals surface area contributed by atoms with Crippen molar-refractivity contribution in [3.05, 3.63) is 49.6 Å². The van der Waals surface area contributed by atoms with Crippen molar-refractivity contribution in [3.63, 3.8) is 0 Å². The molecule has 0 fully saturated rings. The number of thiophene rings is 1. The van der Waals surface area contributed by atoms with Crippen molar-refractivity contribution in [3.8, 4) is 0 Å². The number of nitrogens with zero attached hydrogens (tertiary/aromatic N) is 2. The van der Waals surface area contributed by atoms with Gasteiger partial charge in [-0.1, -0.05) is 29.4 Å². The van der Waals surface area contributed by atoms with Gasteiger partial charge in [-0.3, -0.25) is 14.2 Å². The molecule has 1 aromatic carbocycles. The lowest BCUT2D eigenvalue weighted by atomic mass is 10.2. The monoisotopic (exact) mass is 419 g/mol. The number of anilines is 1. The predicted octanol–water partition coefficient (Wildman–Crippen LogP) is 4.18. The van der Waals surface area contributed by atoms with Crippen molar-refractivity contribution in [1.29, 1.82) is 0 Å². The third-order valence-electron chi connectivity index (χ3n) is 4.78. The van der Waals surface area contributed by atoms with Crippen LogP contribution in [0.25, 0.3) is 10.2 Å². The van der Waals surface area contributed by atoms with E-state index in [9.17, 15) is 9.59 Å². The van der Waals surface area contributed by atoms with Crippen LogP contribution in [-0.2, 0) is 24.7 Å². The Kier molecular flexibility index (Phi) is 5.01. The second-order valence-electron chi connectivity index (χ2n) is 6.55. The number of carbonyl (C=O) groups is 1. The quantitative estimate of drug-likeness (QED) is 0.509. The highest BCUT2D eigenvalue weighted by atomic mass is 35.5. The Morgan fingerprint density at radius 2 is 2.22 bits per heavy atom. The van der Waals surface area contributed by atoms with E-state index in [-0.39, 0.29) is 17.2 Å². The van der Waals surface area contributed by atoms with Crippen LogP contribution in [0, 0.1) is 6.92 Å². The third kappa shape index (κ3) is 3.39. The van der Waals surface area contributed by atoms with Gasteiger partial charge in [-0.2, -0.15) is 0 Å². The number of amides is 1. The number of benzene rings is 1. The maximum Gasteiger partial charge on any atom is 0.262 e. The highest BCUT2D eigenvalue weighted by Gasteiger charge is 2.22. The molecule has 1 aliphatic carbocycles. The standard InChI is InChI=1S/C19H18ClN3O2S2/c1-10-12(20)6-4-7-13(10)21-15(24)9-26-19-22-17-16(18(25)23(19)2)11-5-3-8-14(11)27-17/h4,6-7H,3,5,8-9H2,1-2H3,(H,21,24). The van der Waals surface area contributed by atoms with Crippen LogP contribution < -0.4 is 10.9 Å². The molecule has 140 valence electrons. The first-order valence-electron chi connectivity index (χ1n) is 8.64. The summed E-state index contributed by atoms with van der Waals surface area (Å²) in [6.45, 7) is 1.86. The normalized spacial score (nSPS) is 13.1. The number of halogens is 1. The van der Waals surface area contributed by atoms with Gasteiger partial charge in [0.1, 0.15) is 4.83 Å². The number of hydrogen-bond acceptors (Lipinski definition) is 5. The van der Waals surface area contributed by atoms with Crippen LogP contribution in [0.3, 0.4) is 0 Å². The molecule has 1 N–H and O–H groups in total. The Morgan fingerprint density at radius 3 is 3.04 bits per heavy atom. The van der Waals surface area contributed by atoms with Crippen molar-refractivity contribution in [2.45, 2.75) is 31.3 Å². The molecule has 0 aliphatic heterocycles. The summed E-state index contributed by atoms with van der Waals surface area (Å²) in [4.78, 5) is 31.8. The Morgan fingerprint density at radius 1 is 1.41 bits per heavy atom. The first-order valence-corrected chi connectivity index (χ1v) is 10.8. The molecular weight excluding hydrogens is 402 g/mol. The molecule has 27 heavy (non-hydrogen) atoms. The zero-order valence-corrected chi connectivity index (χ0v) is 17.4. The first-order chi connectivity index (χ1) is 13.0. The summed E-state index contributed by atoms with van der Waals surface area (Å²) in [6.07, 6.45) is 3.10. The number of rotatable bonds is 4. The molecule has 0 saturated heterocycles. The predicted molar refractivity (Wildman–Crippen MR) is 112 cm³/mol. The molecule has 1 aliphatic rings. The van der Waals surface area contributed by atoms with Crippen LogP contribution in [0.2, 0.25) is 5.02 Å². The van der Waals surface area contributed by atoms with Crippen LogP contribution in [0.4, 0.5) is 5.69 Å². The van der Waals surface area contributed by atoms with Crippen molar-refractivity contribution in [2.75, 3.05) is 11.1 Å². The van der Waals surface area contributed by atoms with E-state index in [1.807, 2.05) is 13.0 Å². The van der Waals surface area contributed by atoms with E-state index in [2.05, 4.69) is 10.3 Å². The number of fused-ring (bicyclic) bond motifs is 3. The number of nitrogens with one attached hydrogen (secondary N) is 1. The molecule has 0 spiro atoms. The van der Waals surface area contributed by atoms with Gasteiger partial charge in [-0.05, 0) is 49.4 Å². The van der Waals surface area contributed by atoms with Gasteiger partial charge in [0.2, 0.25) is 5.91 Å². The highest BCUT2D eigenvalue weighted by Crippen LogP contribution is 2.35. The largest absolute Gasteiger partial charge is 0.325 e. The van der Waals surface area contributed by atoms with Gasteiger partial charge >= 0.3 is 0 Å². The SMILES string of the molecule is Cc1c(Cl)cccc1NC(=O)CSc1nc2sc3c(c2c(=O)n1C)CCC3. The molecule has 3 aromatic rings. The molecule has 0 bridgehead atoms. The molecular formula is C19H18ClN3O2S2. The van der Waals surface area contributed by atoms with Gasteiger partial charge in [0.15, 0.2) is 5.16 Å². The van der Waals surface area contributed by atoms with Crippen molar-refractivity contribution in [1.82, 2.24) is 9.55 Å². The molecule has 2 heterocycles. The highest BCUT2D eigenvalue weighted by molar-refractivity contribution is 7.99. The van der Waals surface area contributed by atoms with E-state index in [0.29, 0.717) is 15.9 Å². The number of hydrogen-bond donors (Lipinski definition) is 1. The fraction of sp³-hybridized carbons (Fsp3) is 0.316. The molecule has 2 aromatic heterocycles. The average molecular weight is 420 g/mol. The van der Waals surface area contributed by atoms with Gasteiger partial charge in [-0.25, -0.2) is 4.98 Å². The fourth-order valence-electron chi connectivity index (χ4n) is 3.29. The Labute approximate surface area is 169 Å². The fourth-order valence-corrected chi connectivity index (χ4v) is 5.54. The minimum atomic E-state index is -0.159. The van der Waals surface area contributed by atoms with Crippen LogP contribution >= 0.6 is 34.7 Å². The van der Waals surface area contributed by atoms with E-state index in [0.717, 1.165) is 35.0 Å². The second-order valence-corrected chi connectivity index (χ2v) is 8.98. The lowest BCUT2D eigenvalue weighted by molar-refractivity contribution is -0.113. The Bertz CT molecular complexity index is 1120. The molecule has 5 nitrogen and oxygen atoms in total. The second kappa shape index (κ2) is 7.30. The molecule has 8 heteroatoms. The van der Waals surface area contributed by atoms with Crippen LogP contribution in [0.15, 0.2) is 28.2 Å². The van der Waals surface area contributed by atoms with E-state index in [4.69, 9.17) is 11.6 Å². The van der Waals surface area contributed by atoms with Crippen molar-refractivity contribution >= 4 is 56.5 Å². The van der Waals surface area contributed by atoms with Gasteiger partial charge in [0.05, 0.1) is 11.1 Å². The maximum absolute atomic E-state index is 12.8. The number of aromatic nitrogens is 2. The van der Waals surface area contributed by atoms with Gasteiger partial charge in [0, 0.05) is 22.6 Å². The Hall–Kier alpha value is -1.83. The summed E-state index contributed by atoms with van der Waals surface area (Å²) >= 11 is 8.97. The van der Waals surface area contributed by atoms with Gasteiger partial charge in [0.25, 0.3) is 5.56 Å². The minimum Gasteiger partial charge on any atom is -0.325 e. The summed E-state index contributed by atoms with van der Waals surface area (Å²) in [7, 11) is 1.72. The van der Waals surface area contributed by atoms with Crippen LogP contribution in [-0.4, -0.2) is 21.2 Å². The number of aryl methyl sites for hydroxylation is 2. The topological polar surface area (TPSA) is 64.0 Å². The van der Waals surface area contributed by atoms with E-state index in [1.165, 1.54) is 22.2 Å². The Balaban J connectivity index is 1.54. The zero-order chi connectivity index (χ0) is 19.1. The lowest BCUT2D eigenvalue weighted by Gasteiger charge is -2.10. The molecule has 0 radical (unpaired) electrons. The molecule has 0 saturated carbocycles. The maximum atomic E-state index is 12.8. The number of thioether (sulfide) groups is 1. The van der Waals surface area contributed by atoms with Crippen molar-refractivity contribution < 1.29 is 4.79 Å². The molecule has 0 atom stereocenters. The van der Waals surface area contributed by atoms with E-state index >= 15 is 0 Å². The van der Waals surface area contributed by atoms with Crippen molar-refractivity contribution in [2.24, 2.45) is 7.05 Å². The molecule has 0 unspecified atom stereocenters.